The Hall–Kier alpha value is -0.390. The van der Waals surface area contributed by atoms with Gasteiger partial charge < -0.3 is 9.47 Å². The molecule has 0 saturated heterocycles. The zero-order chi connectivity index (χ0) is 12.2. The molecule has 0 N–H and O–H groups in total. The van der Waals surface area contributed by atoms with Crippen LogP contribution in [0.4, 0.5) is 0 Å². The van der Waals surface area contributed by atoms with E-state index in [1.54, 1.807) is 13.2 Å². The Bertz CT molecular complexity index is 334. The molecule has 16 heavy (non-hydrogen) atoms. The molecule has 1 rings (SSSR count). The molecule has 0 amide bonds. The minimum atomic E-state index is -3.02. The standard InChI is InChI=1S/C11H20O4S/c1-4-9(2)11(14-3)7-15-10-5-6-16(12,13)8-10/h5-6,9-11H,4,7-8H2,1-3H3. The predicted octanol–water partition coefficient (Wildman–Crippen LogP) is 1.37. The first-order chi connectivity index (χ1) is 7.48. The lowest BCUT2D eigenvalue weighted by molar-refractivity contribution is -0.0310. The molecule has 0 radical (unpaired) electrons. The molecule has 0 saturated carbocycles. The molecule has 3 unspecified atom stereocenters. The van der Waals surface area contributed by atoms with Crippen molar-refractivity contribution in [2.24, 2.45) is 5.92 Å². The summed E-state index contributed by atoms with van der Waals surface area (Å²) in [5.74, 6) is 0.469. The van der Waals surface area contributed by atoms with E-state index in [0.717, 1.165) is 6.42 Å². The van der Waals surface area contributed by atoms with Crippen molar-refractivity contribution in [3.63, 3.8) is 0 Å². The number of hydrogen-bond acceptors (Lipinski definition) is 4. The van der Waals surface area contributed by atoms with Gasteiger partial charge in [0.25, 0.3) is 0 Å². The molecule has 0 bridgehead atoms. The van der Waals surface area contributed by atoms with Gasteiger partial charge in [0, 0.05) is 12.5 Å². The summed E-state index contributed by atoms with van der Waals surface area (Å²) in [6, 6.07) is 0. The Morgan fingerprint density at radius 2 is 2.19 bits per heavy atom. The quantitative estimate of drug-likeness (QED) is 0.712. The molecule has 0 aromatic carbocycles. The summed E-state index contributed by atoms with van der Waals surface area (Å²) >= 11 is 0. The largest absolute Gasteiger partial charge is 0.379 e. The van der Waals surface area contributed by atoms with E-state index >= 15 is 0 Å². The lowest BCUT2D eigenvalue weighted by Gasteiger charge is -2.22. The predicted molar refractivity (Wildman–Crippen MR) is 62.9 cm³/mol. The van der Waals surface area contributed by atoms with Gasteiger partial charge >= 0.3 is 0 Å². The molecule has 1 aliphatic heterocycles. The van der Waals surface area contributed by atoms with Crippen molar-refractivity contribution in [3.05, 3.63) is 11.5 Å². The molecule has 0 aromatic heterocycles. The van der Waals surface area contributed by atoms with E-state index < -0.39 is 9.84 Å². The summed E-state index contributed by atoms with van der Waals surface area (Å²) < 4.78 is 33.1. The maximum absolute atomic E-state index is 11.1. The second-order valence-corrected chi connectivity index (χ2v) is 6.12. The van der Waals surface area contributed by atoms with E-state index in [4.69, 9.17) is 9.47 Å². The van der Waals surface area contributed by atoms with Crippen LogP contribution in [0.3, 0.4) is 0 Å². The SMILES string of the molecule is CCC(C)C(COC1C=CS(=O)(=O)C1)OC. The maximum atomic E-state index is 11.1. The van der Waals surface area contributed by atoms with Crippen molar-refractivity contribution in [2.75, 3.05) is 19.5 Å². The smallest absolute Gasteiger partial charge is 0.174 e. The molecule has 0 aromatic rings. The van der Waals surface area contributed by atoms with Gasteiger partial charge in [0.05, 0.1) is 24.6 Å². The second kappa shape index (κ2) is 5.80. The Morgan fingerprint density at radius 3 is 2.62 bits per heavy atom. The molecule has 1 heterocycles. The highest BCUT2D eigenvalue weighted by atomic mass is 32.2. The van der Waals surface area contributed by atoms with Crippen LogP contribution in [0.1, 0.15) is 20.3 Å². The normalized spacial score (nSPS) is 26.8. The van der Waals surface area contributed by atoms with Gasteiger partial charge in [-0.1, -0.05) is 20.3 Å². The highest BCUT2D eigenvalue weighted by Gasteiger charge is 2.24. The van der Waals surface area contributed by atoms with Gasteiger partial charge in [-0.15, -0.1) is 0 Å². The summed E-state index contributed by atoms with van der Waals surface area (Å²) in [5.41, 5.74) is 0. The molecule has 0 aliphatic carbocycles. The van der Waals surface area contributed by atoms with Crippen LogP contribution in [0, 0.1) is 5.92 Å². The van der Waals surface area contributed by atoms with Crippen LogP contribution in [0.2, 0.25) is 0 Å². The minimum Gasteiger partial charge on any atom is -0.379 e. The van der Waals surface area contributed by atoms with E-state index in [9.17, 15) is 8.42 Å². The summed E-state index contributed by atoms with van der Waals surface area (Å²) in [4.78, 5) is 0. The molecule has 4 nitrogen and oxygen atoms in total. The fourth-order valence-electron chi connectivity index (χ4n) is 1.60. The minimum absolute atomic E-state index is 0.0294. The van der Waals surface area contributed by atoms with Gasteiger partial charge in [-0.2, -0.15) is 0 Å². The van der Waals surface area contributed by atoms with Crippen molar-refractivity contribution < 1.29 is 17.9 Å². The molecular weight excluding hydrogens is 228 g/mol. The zero-order valence-electron chi connectivity index (χ0n) is 10.0. The molecule has 0 fully saturated rings. The van der Waals surface area contributed by atoms with E-state index in [1.807, 2.05) is 0 Å². The van der Waals surface area contributed by atoms with Gasteiger partial charge in [-0.05, 0) is 12.0 Å². The van der Waals surface area contributed by atoms with E-state index in [2.05, 4.69) is 13.8 Å². The van der Waals surface area contributed by atoms with Crippen molar-refractivity contribution in [1.82, 2.24) is 0 Å². The van der Waals surface area contributed by atoms with E-state index in [1.165, 1.54) is 5.41 Å². The fraction of sp³-hybridized carbons (Fsp3) is 0.818. The third-order valence-corrected chi connectivity index (χ3v) is 4.32. The number of ether oxygens (including phenoxy) is 2. The van der Waals surface area contributed by atoms with E-state index in [0.29, 0.717) is 12.5 Å². The maximum Gasteiger partial charge on any atom is 0.174 e. The van der Waals surface area contributed by atoms with Crippen molar-refractivity contribution in [3.8, 4) is 0 Å². The van der Waals surface area contributed by atoms with Gasteiger partial charge in [-0.3, -0.25) is 0 Å². The van der Waals surface area contributed by atoms with E-state index in [-0.39, 0.29) is 18.0 Å². The first-order valence-corrected chi connectivity index (χ1v) is 7.25. The molecule has 5 heteroatoms. The lowest BCUT2D eigenvalue weighted by atomic mass is 10.0. The van der Waals surface area contributed by atoms with Crippen LogP contribution < -0.4 is 0 Å². The zero-order valence-corrected chi connectivity index (χ0v) is 10.9. The average molecular weight is 248 g/mol. The summed E-state index contributed by atoms with van der Waals surface area (Å²) in [7, 11) is -1.37. The van der Waals surface area contributed by atoms with Gasteiger partial charge in [0.2, 0.25) is 0 Å². The Balaban J connectivity index is 2.37. The van der Waals surface area contributed by atoms with Crippen LogP contribution in [-0.2, 0) is 19.3 Å². The first-order valence-electron chi connectivity index (χ1n) is 5.54. The Morgan fingerprint density at radius 1 is 1.50 bits per heavy atom. The second-order valence-electron chi connectivity index (χ2n) is 4.19. The van der Waals surface area contributed by atoms with Crippen LogP contribution >= 0.6 is 0 Å². The van der Waals surface area contributed by atoms with Crippen molar-refractivity contribution in [2.45, 2.75) is 32.5 Å². The van der Waals surface area contributed by atoms with Crippen LogP contribution in [0.15, 0.2) is 11.5 Å². The Kier molecular flexibility index (Phi) is 4.95. The van der Waals surface area contributed by atoms with Crippen molar-refractivity contribution >= 4 is 9.84 Å². The Labute approximate surface area is 97.5 Å². The number of methoxy groups -OCH3 is 1. The highest BCUT2D eigenvalue weighted by Crippen LogP contribution is 2.15. The van der Waals surface area contributed by atoms with Gasteiger partial charge in [-0.25, -0.2) is 8.42 Å². The monoisotopic (exact) mass is 248 g/mol. The summed E-state index contributed by atoms with van der Waals surface area (Å²) in [5, 5.41) is 1.22. The van der Waals surface area contributed by atoms with Crippen LogP contribution in [-0.4, -0.2) is 40.1 Å². The number of hydrogen-bond donors (Lipinski definition) is 0. The van der Waals surface area contributed by atoms with Gasteiger partial charge in [0.15, 0.2) is 9.84 Å². The summed E-state index contributed by atoms with van der Waals surface area (Å²) in [6.45, 7) is 4.63. The molecule has 1 aliphatic rings. The third-order valence-electron chi connectivity index (χ3n) is 2.95. The van der Waals surface area contributed by atoms with Crippen LogP contribution in [0.25, 0.3) is 0 Å². The number of rotatable bonds is 6. The fourth-order valence-corrected chi connectivity index (χ4v) is 2.79. The van der Waals surface area contributed by atoms with Crippen molar-refractivity contribution in [1.29, 1.82) is 0 Å². The molecular formula is C11H20O4S. The lowest BCUT2D eigenvalue weighted by Crippen LogP contribution is -2.29. The first kappa shape index (κ1) is 13.7. The van der Waals surface area contributed by atoms with Crippen LogP contribution in [0.5, 0.6) is 0 Å². The molecule has 0 spiro atoms. The summed E-state index contributed by atoms with van der Waals surface area (Å²) in [6.07, 6.45) is 2.33. The molecule has 3 atom stereocenters. The van der Waals surface area contributed by atoms with Gasteiger partial charge in [0.1, 0.15) is 0 Å². The molecule has 94 valence electrons. The number of sulfone groups is 1. The topological polar surface area (TPSA) is 52.6 Å². The highest BCUT2D eigenvalue weighted by molar-refractivity contribution is 7.94. The average Bonchev–Trinajstić information content (AvgIpc) is 2.58. The third kappa shape index (κ3) is 3.88.